The lowest BCUT2D eigenvalue weighted by Crippen LogP contribution is -2.40. The number of aromatic nitrogens is 1. The zero-order chi connectivity index (χ0) is 15.8. The number of carbonyl (C=O) groups excluding carboxylic acids is 1. The number of hydrogen-bond donors (Lipinski definition) is 2. The van der Waals surface area contributed by atoms with Crippen molar-refractivity contribution in [2.24, 2.45) is 0 Å². The summed E-state index contributed by atoms with van der Waals surface area (Å²) in [6.45, 7) is 0.928. The quantitative estimate of drug-likeness (QED) is 0.815. The summed E-state index contributed by atoms with van der Waals surface area (Å²) in [5.41, 5.74) is 3.71. The molecule has 2 rings (SSSR count). The van der Waals surface area contributed by atoms with Crippen LogP contribution in [0.3, 0.4) is 0 Å². The topological polar surface area (TPSA) is 63.2 Å². The number of carbonyl (C=O) groups is 1. The molecule has 0 aliphatic rings. The molecular formula is C15H18ClN3O2S. The highest BCUT2D eigenvalue weighted by Crippen LogP contribution is 2.16. The number of methoxy groups -OCH3 is 1. The molecule has 1 heterocycles. The third-order valence-electron chi connectivity index (χ3n) is 3.06. The van der Waals surface area contributed by atoms with Gasteiger partial charge in [-0.25, -0.2) is 9.78 Å². The Morgan fingerprint density at radius 3 is 2.82 bits per heavy atom. The van der Waals surface area contributed by atoms with Crippen LogP contribution in [0, 0.1) is 0 Å². The summed E-state index contributed by atoms with van der Waals surface area (Å²) in [4.78, 5) is 16.1. The Bertz CT molecular complexity index is 575. The molecule has 0 aliphatic carbocycles. The number of urea groups is 1. The number of nitrogens with zero attached hydrogens (tertiary/aromatic N) is 1. The van der Waals surface area contributed by atoms with Gasteiger partial charge < -0.3 is 15.4 Å². The molecule has 2 N–H and O–H groups in total. The molecule has 7 heteroatoms. The van der Waals surface area contributed by atoms with Crippen LogP contribution in [0.5, 0.6) is 0 Å². The SMILES string of the molecule is COC[C@@H](NC(=O)NCCc1cscn1)c1ccc(Cl)cc1. The third-order valence-corrected chi connectivity index (χ3v) is 3.95. The second-order valence-electron chi connectivity index (χ2n) is 4.69. The van der Waals surface area contributed by atoms with Gasteiger partial charge in [0, 0.05) is 30.5 Å². The van der Waals surface area contributed by atoms with Gasteiger partial charge in [-0.05, 0) is 17.7 Å². The predicted molar refractivity (Wildman–Crippen MR) is 88.4 cm³/mol. The summed E-state index contributed by atoms with van der Waals surface area (Å²) in [6, 6.07) is 6.89. The number of nitrogens with one attached hydrogen (secondary N) is 2. The van der Waals surface area contributed by atoms with Crippen molar-refractivity contribution in [3.8, 4) is 0 Å². The highest BCUT2D eigenvalue weighted by atomic mass is 35.5. The van der Waals surface area contributed by atoms with E-state index in [9.17, 15) is 4.79 Å². The number of halogens is 1. The van der Waals surface area contributed by atoms with E-state index in [-0.39, 0.29) is 12.1 Å². The number of hydrogen-bond acceptors (Lipinski definition) is 4. The molecule has 1 aromatic carbocycles. The Balaban J connectivity index is 1.84. The maximum absolute atomic E-state index is 12.0. The molecular weight excluding hydrogens is 322 g/mol. The Kier molecular flexibility index (Phi) is 6.64. The van der Waals surface area contributed by atoms with Crippen molar-refractivity contribution in [1.29, 1.82) is 0 Å². The number of amides is 2. The van der Waals surface area contributed by atoms with E-state index < -0.39 is 0 Å². The molecule has 0 bridgehead atoms. The van der Waals surface area contributed by atoms with E-state index in [1.165, 1.54) is 0 Å². The summed E-state index contributed by atoms with van der Waals surface area (Å²) in [5.74, 6) is 0. The van der Waals surface area contributed by atoms with E-state index in [1.54, 1.807) is 36.1 Å². The largest absolute Gasteiger partial charge is 0.382 e. The number of rotatable bonds is 7. The molecule has 2 amide bonds. The van der Waals surface area contributed by atoms with E-state index in [2.05, 4.69) is 15.6 Å². The van der Waals surface area contributed by atoms with E-state index in [0.717, 1.165) is 11.3 Å². The molecule has 0 saturated carbocycles. The first-order valence-electron chi connectivity index (χ1n) is 6.85. The number of benzene rings is 1. The first kappa shape index (κ1) is 16.7. The lowest BCUT2D eigenvalue weighted by Gasteiger charge is -2.19. The highest BCUT2D eigenvalue weighted by molar-refractivity contribution is 7.07. The molecule has 0 aliphatic heterocycles. The van der Waals surface area contributed by atoms with Crippen LogP contribution >= 0.6 is 22.9 Å². The average molecular weight is 340 g/mol. The summed E-state index contributed by atoms with van der Waals surface area (Å²) < 4.78 is 5.17. The molecule has 1 aromatic heterocycles. The van der Waals surface area contributed by atoms with Crippen molar-refractivity contribution >= 4 is 29.0 Å². The molecule has 0 fully saturated rings. The summed E-state index contributed by atoms with van der Waals surface area (Å²) in [7, 11) is 1.60. The van der Waals surface area contributed by atoms with E-state index in [0.29, 0.717) is 24.6 Å². The summed E-state index contributed by atoms with van der Waals surface area (Å²) in [5, 5.41) is 8.35. The normalized spacial score (nSPS) is 11.9. The Morgan fingerprint density at radius 1 is 1.41 bits per heavy atom. The first-order valence-corrected chi connectivity index (χ1v) is 8.17. The van der Waals surface area contributed by atoms with Gasteiger partial charge in [-0.15, -0.1) is 11.3 Å². The van der Waals surface area contributed by atoms with Gasteiger partial charge in [-0.2, -0.15) is 0 Å². The average Bonchev–Trinajstić information content (AvgIpc) is 3.01. The molecule has 0 radical (unpaired) electrons. The molecule has 0 saturated heterocycles. The summed E-state index contributed by atoms with van der Waals surface area (Å²) >= 11 is 7.43. The van der Waals surface area contributed by atoms with Crippen molar-refractivity contribution in [3.05, 3.63) is 51.4 Å². The standard InChI is InChI=1S/C15H18ClN3O2S/c1-21-8-14(11-2-4-12(16)5-3-11)19-15(20)17-7-6-13-9-22-10-18-13/h2-5,9-10,14H,6-8H2,1H3,(H2,17,19,20)/t14-/m1/s1. The van der Waals surface area contributed by atoms with Gasteiger partial charge in [0.25, 0.3) is 0 Å². The Hall–Kier alpha value is -1.63. The van der Waals surface area contributed by atoms with Gasteiger partial charge in [0.05, 0.1) is 23.9 Å². The minimum absolute atomic E-state index is 0.221. The van der Waals surface area contributed by atoms with Crippen LogP contribution in [0.15, 0.2) is 35.2 Å². The lowest BCUT2D eigenvalue weighted by atomic mass is 10.1. The molecule has 5 nitrogen and oxygen atoms in total. The van der Waals surface area contributed by atoms with Gasteiger partial charge in [0.1, 0.15) is 0 Å². The van der Waals surface area contributed by atoms with Crippen LogP contribution in [0.4, 0.5) is 4.79 Å². The zero-order valence-electron chi connectivity index (χ0n) is 12.2. The van der Waals surface area contributed by atoms with Crippen LogP contribution in [0.2, 0.25) is 5.02 Å². The smallest absolute Gasteiger partial charge is 0.315 e. The predicted octanol–water partition coefficient (Wildman–Crippen LogP) is 3.03. The van der Waals surface area contributed by atoms with Crippen molar-refractivity contribution in [3.63, 3.8) is 0 Å². The monoisotopic (exact) mass is 339 g/mol. The van der Waals surface area contributed by atoms with Gasteiger partial charge >= 0.3 is 6.03 Å². The van der Waals surface area contributed by atoms with Gasteiger partial charge in [-0.3, -0.25) is 0 Å². The Morgan fingerprint density at radius 2 is 2.18 bits per heavy atom. The van der Waals surface area contributed by atoms with Crippen LogP contribution in [-0.2, 0) is 11.2 Å². The zero-order valence-corrected chi connectivity index (χ0v) is 13.8. The second-order valence-corrected chi connectivity index (χ2v) is 5.84. The van der Waals surface area contributed by atoms with Crippen LogP contribution < -0.4 is 10.6 Å². The number of ether oxygens (including phenoxy) is 1. The fraction of sp³-hybridized carbons (Fsp3) is 0.333. The molecule has 22 heavy (non-hydrogen) atoms. The molecule has 118 valence electrons. The van der Waals surface area contributed by atoms with Crippen LogP contribution in [0.1, 0.15) is 17.3 Å². The van der Waals surface area contributed by atoms with E-state index in [1.807, 2.05) is 17.5 Å². The van der Waals surface area contributed by atoms with Crippen molar-refractivity contribution in [2.75, 3.05) is 20.3 Å². The Labute approximate surface area is 138 Å². The maximum atomic E-state index is 12.0. The van der Waals surface area contributed by atoms with Gasteiger partial charge in [0.15, 0.2) is 0 Å². The maximum Gasteiger partial charge on any atom is 0.315 e. The minimum Gasteiger partial charge on any atom is -0.382 e. The fourth-order valence-corrected chi connectivity index (χ4v) is 2.68. The van der Waals surface area contributed by atoms with Gasteiger partial charge in [0.2, 0.25) is 0 Å². The first-order chi connectivity index (χ1) is 10.7. The van der Waals surface area contributed by atoms with E-state index in [4.69, 9.17) is 16.3 Å². The van der Waals surface area contributed by atoms with Crippen molar-refractivity contribution in [1.82, 2.24) is 15.6 Å². The second kappa shape index (κ2) is 8.73. The van der Waals surface area contributed by atoms with Crippen molar-refractivity contribution < 1.29 is 9.53 Å². The molecule has 1 atom stereocenters. The molecule has 0 unspecified atom stereocenters. The van der Waals surface area contributed by atoms with Crippen molar-refractivity contribution in [2.45, 2.75) is 12.5 Å². The number of thiazole rings is 1. The van der Waals surface area contributed by atoms with E-state index >= 15 is 0 Å². The third kappa shape index (κ3) is 5.29. The van der Waals surface area contributed by atoms with Gasteiger partial charge in [-0.1, -0.05) is 23.7 Å². The van der Waals surface area contributed by atoms with Crippen LogP contribution in [0.25, 0.3) is 0 Å². The fourth-order valence-electron chi connectivity index (χ4n) is 1.96. The summed E-state index contributed by atoms with van der Waals surface area (Å²) in [6.07, 6.45) is 0.715. The highest BCUT2D eigenvalue weighted by Gasteiger charge is 2.14. The molecule has 2 aromatic rings. The van der Waals surface area contributed by atoms with Crippen LogP contribution in [-0.4, -0.2) is 31.3 Å². The minimum atomic E-state index is -0.229. The lowest BCUT2D eigenvalue weighted by molar-refractivity contribution is 0.166. The molecule has 0 spiro atoms.